The van der Waals surface area contributed by atoms with Crippen molar-refractivity contribution in [3.8, 4) is 0 Å². The van der Waals surface area contributed by atoms with Crippen LogP contribution in [0.4, 0.5) is 0 Å². The number of hydrogen-bond donors (Lipinski definition) is 1. The van der Waals surface area contributed by atoms with Crippen molar-refractivity contribution < 1.29 is 4.79 Å². The molecule has 0 aromatic heterocycles. The summed E-state index contributed by atoms with van der Waals surface area (Å²) < 4.78 is 0. The van der Waals surface area contributed by atoms with E-state index in [0.29, 0.717) is 5.91 Å². The Labute approximate surface area is 85.8 Å². The van der Waals surface area contributed by atoms with Crippen molar-refractivity contribution in [2.75, 3.05) is 6.54 Å². The molecular weight excluding hydrogens is 176 g/mol. The predicted octanol–water partition coefficient (Wildman–Crippen LogP) is 1.34. The van der Waals surface area contributed by atoms with Crippen LogP contribution >= 0.6 is 0 Å². The van der Waals surface area contributed by atoms with E-state index in [1.165, 1.54) is 19.3 Å². The maximum Gasteiger partial charge on any atom is 0.240 e. The van der Waals surface area contributed by atoms with E-state index in [1.54, 1.807) is 0 Å². The van der Waals surface area contributed by atoms with E-state index in [4.69, 9.17) is 0 Å². The van der Waals surface area contributed by atoms with Gasteiger partial charge in [0.1, 0.15) is 0 Å². The number of rotatable bonds is 4. The third-order valence-corrected chi connectivity index (χ3v) is 3.37. The molecule has 80 valence electrons. The second-order valence-corrected chi connectivity index (χ2v) is 4.57. The summed E-state index contributed by atoms with van der Waals surface area (Å²) >= 11 is 0. The molecule has 1 N–H and O–H groups in total. The van der Waals surface area contributed by atoms with E-state index in [1.807, 2.05) is 4.90 Å². The summed E-state index contributed by atoms with van der Waals surface area (Å²) in [7, 11) is 0. The van der Waals surface area contributed by atoms with Crippen LogP contribution in [0.2, 0.25) is 0 Å². The normalized spacial score (nSPS) is 32.7. The molecule has 0 radical (unpaired) electrons. The molecule has 3 heteroatoms. The Bertz CT molecular complexity index is 225. The highest BCUT2D eigenvalue weighted by atomic mass is 16.2. The summed E-state index contributed by atoms with van der Waals surface area (Å²) in [5, 5.41) is 3.32. The van der Waals surface area contributed by atoms with E-state index in [2.05, 4.69) is 19.2 Å². The molecule has 0 bridgehead atoms. The van der Waals surface area contributed by atoms with Crippen LogP contribution in [-0.2, 0) is 4.79 Å². The zero-order valence-electron chi connectivity index (χ0n) is 9.12. The standard InChI is InChI=1S/C11H20N2O/c1-3-10-11(14)13(8(2)12-10)7-6-9-4-5-9/h8-10,12H,3-7H2,1-2H3. The molecule has 2 unspecified atom stereocenters. The molecule has 2 fully saturated rings. The van der Waals surface area contributed by atoms with Crippen LogP contribution in [0.5, 0.6) is 0 Å². The van der Waals surface area contributed by atoms with Crippen LogP contribution in [0.1, 0.15) is 39.5 Å². The van der Waals surface area contributed by atoms with Crippen molar-refractivity contribution >= 4 is 5.91 Å². The molecule has 1 aliphatic carbocycles. The molecule has 14 heavy (non-hydrogen) atoms. The predicted molar refractivity (Wildman–Crippen MR) is 55.7 cm³/mol. The Morgan fingerprint density at radius 1 is 1.50 bits per heavy atom. The fourth-order valence-corrected chi connectivity index (χ4v) is 2.17. The molecule has 0 spiro atoms. The SMILES string of the molecule is CCC1NC(C)N(CCC2CC2)C1=O. The van der Waals surface area contributed by atoms with Gasteiger partial charge in [-0.15, -0.1) is 0 Å². The average Bonchev–Trinajstić information content (AvgIpc) is 2.93. The Kier molecular flexibility index (Phi) is 2.77. The number of hydrogen-bond acceptors (Lipinski definition) is 2. The highest BCUT2D eigenvalue weighted by molar-refractivity contribution is 5.84. The minimum absolute atomic E-state index is 0.0733. The molecule has 2 rings (SSSR count). The molecule has 3 nitrogen and oxygen atoms in total. The van der Waals surface area contributed by atoms with Gasteiger partial charge >= 0.3 is 0 Å². The summed E-state index contributed by atoms with van der Waals surface area (Å²) in [4.78, 5) is 13.8. The molecule has 1 saturated heterocycles. The van der Waals surface area contributed by atoms with Crippen molar-refractivity contribution in [2.45, 2.75) is 51.7 Å². The van der Waals surface area contributed by atoms with Gasteiger partial charge in [-0.2, -0.15) is 0 Å². The lowest BCUT2D eigenvalue weighted by Crippen LogP contribution is -2.35. The second-order valence-electron chi connectivity index (χ2n) is 4.57. The van der Waals surface area contributed by atoms with Gasteiger partial charge < -0.3 is 4.90 Å². The van der Waals surface area contributed by atoms with Gasteiger partial charge in [0, 0.05) is 6.54 Å². The summed E-state index contributed by atoms with van der Waals surface area (Å²) in [6.45, 7) is 5.10. The van der Waals surface area contributed by atoms with E-state index in [-0.39, 0.29) is 12.2 Å². The Morgan fingerprint density at radius 3 is 2.71 bits per heavy atom. The molecule has 1 aliphatic heterocycles. The minimum atomic E-state index is 0.0733. The van der Waals surface area contributed by atoms with Crippen molar-refractivity contribution in [3.63, 3.8) is 0 Å². The van der Waals surface area contributed by atoms with Gasteiger partial charge in [-0.05, 0) is 25.7 Å². The zero-order valence-corrected chi connectivity index (χ0v) is 9.12. The first-order valence-corrected chi connectivity index (χ1v) is 5.79. The van der Waals surface area contributed by atoms with E-state index in [0.717, 1.165) is 18.9 Å². The minimum Gasteiger partial charge on any atom is -0.326 e. The lowest BCUT2D eigenvalue weighted by atomic mass is 10.2. The Balaban J connectivity index is 1.86. The van der Waals surface area contributed by atoms with E-state index >= 15 is 0 Å². The van der Waals surface area contributed by atoms with Crippen LogP contribution in [-0.4, -0.2) is 29.6 Å². The zero-order chi connectivity index (χ0) is 10.1. The van der Waals surface area contributed by atoms with Crippen LogP contribution in [0.3, 0.4) is 0 Å². The maximum atomic E-state index is 11.8. The lowest BCUT2D eigenvalue weighted by molar-refractivity contribution is -0.130. The highest BCUT2D eigenvalue weighted by Gasteiger charge is 2.35. The van der Waals surface area contributed by atoms with Crippen LogP contribution in [0.15, 0.2) is 0 Å². The van der Waals surface area contributed by atoms with Gasteiger partial charge in [-0.3, -0.25) is 10.1 Å². The van der Waals surface area contributed by atoms with Crippen molar-refractivity contribution in [1.29, 1.82) is 0 Å². The van der Waals surface area contributed by atoms with Gasteiger partial charge in [0.2, 0.25) is 5.91 Å². The van der Waals surface area contributed by atoms with Gasteiger partial charge in [-0.25, -0.2) is 0 Å². The first-order valence-electron chi connectivity index (χ1n) is 5.79. The van der Waals surface area contributed by atoms with Gasteiger partial charge in [0.05, 0.1) is 12.2 Å². The van der Waals surface area contributed by atoms with Crippen LogP contribution < -0.4 is 5.32 Å². The number of nitrogens with zero attached hydrogens (tertiary/aromatic N) is 1. The first-order chi connectivity index (χ1) is 6.72. The van der Waals surface area contributed by atoms with Crippen LogP contribution in [0.25, 0.3) is 0 Å². The van der Waals surface area contributed by atoms with Crippen molar-refractivity contribution in [3.05, 3.63) is 0 Å². The summed E-state index contributed by atoms with van der Waals surface area (Å²) in [5.41, 5.74) is 0. The fourth-order valence-electron chi connectivity index (χ4n) is 2.17. The topological polar surface area (TPSA) is 32.3 Å². The molecule has 1 heterocycles. The lowest BCUT2D eigenvalue weighted by Gasteiger charge is -2.20. The third kappa shape index (κ3) is 1.92. The molecule has 1 saturated carbocycles. The maximum absolute atomic E-state index is 11.8. The monoisotopic (exact) mass is 196 g/mol. The Hall–Kier alpha value is -0.570. The fraction of sp³-hybridized carbons (Fsp3) is 0.909. The largest absolute Gasteiger partial charge is 0.326 e. The number of nitrogens with one attached hydrogen (secondary N) is 1. The third-order valence-electron chi connectivity index (χ3n) is 3.37. The van der Waals surface area contributed by atoms with Crippen molar-refractivity contribution in [2.24, 2.45) is 5.92 Å². The number of carbonyl (C=O) groups is 1. The smallest absolute Gasteiger partial charge is 0.240 e. The molecule has 0 aromatic carbocycles. The molecule has 2 aliphatic rings. The average molecular weight is 196 g/mol. The number of carbonyl (C=O) groups excluding carboxylic acids is 1. The van der Waals surface area contributed by atoms with E-state index in [9.17, 15) is 4.79 Å². The van der Waals surface area contributed by atoms with E-state index < -0.39 is 0 Å². The summed E-state index contributed by atoms with van der Waals surface area (Å²) in [6.07, 6.45) is 5.10. The van der Waals surface area contributed by atoms with Crippen molar-refractivity contribution in [1.82, 2.24) is 10.2 Å². The molecule has 0 aromatic rings. The highest BCUT2D eigenvalue weighted by Crippen LogP contribution is 2.32. The van der Waals surface area contributed by atoms with Gasteiger partial charge in [-0.1, -0.05) is 19.8 Å². The summed E-state index contributed by atoms with van der Waals surface area (Å²) in [5.74, 6) is 1.22. The van der Waals surface area contributed by atoms with Crippen LogP contribution in [0, 0.1) is 5.92 Å². The quantitative estimate of drug-likeness (QED) is 0.736. The molecule has 1 amide bonds. The molecule has 2 atom stereocenters. The number of amides is 1. The molecular formula is C11H20N2O. The Morgan fingerprint density at radius 2 is 2.21 bits per heavy atom. The van der Waals surface area contributed by atoms with Gasteiger partial charge in [0.25, 0.3) is 0 Å². The summed E-state index contributed by atoms with van der Waals surface area (Å²) in [6, 6.07) is 0.0733. The van der Waals surface area contributed by atoms with Gasteiger partial charge in [0.15, 0.2) is 0 Å². The first kappa shape index (κ1) is 9.97. The second kappa shape index (κ2) is 3.89.